The number of nitrogens with one attached hydrogen (secondary N) is 1. The van der Waals surface area contributed by atoms with E-state index in [4.69, 9.17) is 0 Å². The third-order valence-corrected chi connectivity index (χ3v) is 3.48. The highest BCUT2D eigenvalue weighted by molar-refractivity contribution is 5.93. The summed E-state index contributed by atoms with van der Waals surface area (Å²) in [6.07, 6.45) is 2.78. The molecule has 1 aromatic heterocycles. The van der Waals surface area contributed by atoms with Crippen LogP contribution in [0.15, 0.2) is 30.9 Å². The molecule has 0 aliphatic rings. The van der Waals surface area contributed by atoms with Gasteiger partial charge in [-0.3, -0.25) is 14.9 Å². The SMILES string of the molecule is C[C@@H](C(=O)Nc1ccc(C(C)(C)C)c([N+](=O)[O-])c1)n1cncn1. The number of carbonyl (C=O) groups is 1. The van der Waals surface area contributed by atoms with Gasteiger partial charge in [-0.25, -0.2) is 9.67 Å². The van der Waals surface area contributed by atoms with Crippen LogP contribution >= 0.6 is 0 Å². The molecule has 0 saturated heterocycles. The van der Waals surface area contributed by atoms with Gasteiger partial charge in [-0.2, -0.15) is 5.10 Å². The lowest BCUT2D eigenvalue weighted by molar-refractivity contribution is -0.385. The summed E-state index contributed by atoms with van der Waals surface area (Å²) < 4.78 is 1.41. The van der Waals surface area contributed by atoms with Crippen molar-refractivity contribution in [3.8, 4) is 0 Å². The third kappa shape index (κ3) is 3.71. The van der Waals surface area contributed by atoms with E-state index < -0.39 is 11.0 Å². The maximum atomic E-state index is 12.2. The lowest BCUT2D eigenvalue weighted by atomic mass is 9.85. The topological polar surface area (TPSA) is 103 Å². The van der Waals surface area contributed by atoms with Crippen molar-refractivity contribution in [1.82, 2.24) is 14.8 Å². The standard InChI is InChI=1S/C15H19N5O3/c1-10(19-9-16-8-17-19)14(21)18-11-5-6-12(15(2,3)4)13(7-11)20(22)23/h5-10H,1-4H3,(H,18,21)/t10-/m0/s1. The Morgan fingerprint density at radius 2 is 2.09 bits per heavy atom. The molecule has 1 heterocycles. The molecule has 122 valence electrons. The van der Waals surface area contributed by atoms with Crippen LogP contribution in [0.1, 0.15) is 39.3 Å². The van der Waals surface area contributed by atoms with E-state index in [9.17, 15) is 14.9 Å². The fourth-order valence-corrected chi connectivity index (χ4v) is 2.18. The second kappa shape index (κ2) is 6.15. The molecule has 0 unspecified atom stereocenters. The van der Waals surface area contributed by atoms with E-state index in [1.807, 2.05) is 20.8 Å². The van der Waals surface area contributed by atoms with Crippen LogP contribution in [-0.4, -0.2) is 25.6 Å². The highest BCUT2D eigenvalue weighted by Gasteiger charge is 2.25. The van der Waals surface area contributed by atoms with Gasteiger partial charge in [0.2, 0.25) is 5.91 Å². The Morgan fingerprint density at radius 1 is 1.39 bits per heavy atom. The number of rotatable bonds is 4. The van der Waals surface area contributed by atoms with Crippen molar-refractivity contribution in [1.29, 1.82) is 0 Å². The average Bonchev–Trinajstić information content (AvgIpc) is 2.99. The summed E-state index contributed by atoms with van der Waals surface area (Å²) in [6.45, 7) is 7.38. The Bertz CT molecular complexity index is 719. The molecule has 0 spiro atoms. The van der Waals surface area contributed by atoms with Gasteiger partial charge >= 0.3 is 0 Å². The number of nitro groups is 1. The molecular weight excluding hydrogens is 298 g/mol. The van der Waals surface area contributed by atoms with Crippen molar-refractivity contribution in [2.45, 2.75) is 39.2 Å². The first-order valence-corrected chi connectivity index (χ1v) is 7.14. The van der Waals surface area contributed by atoms with E-state index in [1.165, 1.54) is 23.4 Å². The van der Waals surface area contributed by atoms with Gasteiger partial charge < -0.3 is 5.32 Å². The number of amides is 1. The van der Waals surface area contributed by atoms with Gasteiger partial charge in [0.1, 0.15) is 18.7 Å². The van der Waals surface area contributed by atoms with E-state index in [-0.39, 0.29) is 17.0 Å². The molecule has 0 aliphatic heterocycles. The van der Waals surface area contributed by atoms with Crippen LogP contribution in [0.2, 0.25) is 0 Å². The first kappa shape index (κ1) is 16.6. The monoisotopic (exact) mass is 317 g/mol. The quantitative estimate of drug-likeness (QED) is 0.689. The fourth-order valence-electron chi connectivity index (χ4n) is 2.18. The van der Waals surface area contributed by atoms with Crippen LogP contribution < -0.4 is 5.32 Å². The Hall–Kier alpha value is -2.77. The number of anilines is 1. The lowest BCUT2D eigenvalue weighted by Crippen LogP contribution is -2.24. The number of hydrogen-bond donors (Lipinski definition) is 1. The molecule has 1 atom stereocenters. The zero-order chi connectivity index (χ0) is 17.2. The molecule has 0 bridgehead atoms. The molecule has 0 fully saturated rings. The number of nitrogens with zero attached hydrogens (tertiary/aromatic N) is 4. The summed E-state index contributed by atoms with van der Waals surface area (Å²) in [5.41, 5.74) is 0.620. The van der Waals surface area contributed by atoms with Crippen molar-refractivity contribution in [2.75, 3.05) is 5.32 Å². The first-order chi connectivity index (χ1) is 10.7. The molecule has 1 N–H and O–H groups in total. The van der Waals surface area contributed by atoms with Gasteiger partial charge in [0.25, 0.3) is 5.69 Å². The van der Waals surface area contributed by atoms with Crippen LogP contribution in [0.3, 0.4) is 0 Å². The minimum absolute atomic E-state index is 0.0105. The molecule has 0 saturated carbocycles. The zero-order valence-corrected chi connectivity index (χ0v) is 13.5. The molecule has 0 aliphatic carbocycles. The Balaban J connectivity index is 2.26. The third-order valence-electron chi connectivity index (χ3n) is 3.48. The zero-order valence-electron chi connectivity index (χ0n) is 13.5. The molecule has 8 heteroatoms. The van der Waals surface area contributed by atoms with Gasteiger partial charge in [0, 0.05) is 17.3 Å². The Kier molecular flexibility index (Phi) is 4.44. The normalized spacial score (nSPS) is 12.7. The average molecular weight is 317 g/mol. The highest BCUT2D eigenvalue weighted by Crippen LogP contribution is 2.33. The Morgan fingerprint density at radius 3 is 2.61 bits per heavy atom. The number of nitro benzene ring substituents is 1. The first-order valence-electron chi connectivity index (χ1n) is 7.14. The number of aromatic nitrogens is 3. The largest absolute Gasteiger partial charge is 0.324 e. The molecular formula is C15H19N5O3. The van der Waals surface area contributed by atoms with Crippen LogP contribution in [0.25, 0.3) is 0 Å². The molecule has 2 rings (SSSR count). The minimum atomic E-state index is -0.571. The van der Waals surface area contributed by atoms with Gasteiger partial charge in [-0.05, 0) is 24.5 Å². The van der Waals surface area contributed by atoms with Crippen LogP contribution in [0.4, 0.5) is 11.4 Å². The fraction of sp³-hybridized carbons (Fsp3) is 0.400. The molecule has 2 aromatic rings. The predicted molar refractivity (Wildman–Crippen MR) is 85.2 cm³/mol. The van der Waals surface area contributed by atoms with E-state index >= 15 is 0 Å². The van der Waals surface area contributed by atoms with Crippen LogP contribution in [0.5, 0.6) is 0 Å². The molecule has 8 nitrogen and oxygen atoms in total. The van der Waals surface area contributed by atoms with Gasteiger partial charge in [-0.15, -0.1) is 0 Å². The highest BCUT2D eigenvalue weighted by atomic mass is 16.6. The van der Waals surface area contributed by atoms with Crippen molar-refractivity contribution in [2.24, 2.45) is 0 Å². The maximum Gasteiger partial charge on any atom is 0.275 e. The molecule has 0 radical (unpaired) electrons. The van der Waals surface area contributed by atoms with Crippen molar-refractivity contribution in [3.05, 3.63) is 46.5 Å². The Labute approximate surface area is 133 Å². The summed E-state index contributed by atoms with van der Waals surface area (Å²) in [5, 5.41) is 17.9. The van der Waals surface area contributed by atoms with Crippen LogP contribution in [0, 0.1) is 10.1 Å². The van der Waals surface area contributed by atoms with E-state index in [0.29, 0.717) is 11.3 Å². The van der Waals surface area contributed by atoms with E-state index in [0.717, 1.165) is 0 Å². The summed E-state index contributed by atoms with van der Waals surface area (Å²) in [4.78, 5) is 26.9. The number of hydrogen-bond acceptors (Lipinski definition) is 5. The lowest BCUT2D eigenvalue weighted by Gasteiger charge is -2.19. The smallest absolute Gasteiger partial charge is 0.275 e. The van der Waals surface area contributed by atoms with Gasteiger partial charge in [0.15, 0.2) is 0 Å². The van der Waals surface area contributed by atoms with Crippen molar-refractivity contribution < 1.29 is 9.72 Å². The summed E-state index contributed by atoms with van der Waals surface area (Å²) in [5.74, 6) is -0.326. The number of benzene rings is 1. The maximum absolute atomic E-state index is 12.2. The summed E-state index contributed by atoms with van der Waals surface area (Å²) >= 11 is 0. The molecule has 1 aromatic carbocycles. The van der Waals surface area contributed by atoms with Gasteiger partial charge in [0.05, 0.1) is 4.92 Å². The summed E-state index contributed by atoms with van der Waals surface area (Å²) in [7, 11) is 0. The second-order valence-electron chi connectivity index (χ2n) is 6.28. The molecule has 23 heavy (non-hydrogen) atoms. The second-order valence-corrected chi connectivity index (χ2v) is 6.28. The van der Waals surface area contributed by atoms with Crippen LogP contribution in [-0.2, 0) is 10.2 Å². The van der Waals surface area contributed by atoms with Crippen molar-refractivity contribution >= 4 is 17.3 Å². The predicted octanol–water partition coefficient (Wildman–Crippen LogP) is 2.68. The van der Waals surface area contributed by atoms with E-state index in [1.54, 1.807) is 19.1 Å². The minimum Gasteiger partial charge on any atom is -0.324 e. The van der Waals surface area contributed by atoms with E-state index in [2.05, 4.69) is 15.4 Å². The van der Waals surface area contributed by atoms with Crippen molar-refractivity contribution in [3.63, 3.8) is 0 Å². The molecule has 1 amide bonds. The summed E-state index contributed by atoms with van der Waals surface area (Å²) in [6, 6.07) is 4.15. The van der Waals surface area contributed by atoms with Gasteiger partial charge in [-0.1, -0.05) is 20.8 Å². The number of carbonyl (C=O) groups excluding carboxylic acids is 1.